The largest absolute Gasteiger partial charge is 0.383 e. The third-order valence-electron chi connectivity index (χ3n) is 2.21. The Hall–Kier alpha value is -2.09. The molecule has 0 spiro atoms. The lowest BCUT2D eigenvalue weighted by molar-refractivity contribution is -0.120. The summed E-state index contributed by atoms with van der Waals surface area (Å²) in [5.41, 5.74) is 5.40. The first kappa shape index (κ1) is 12.0. The number of benzene rings is 1. The number of nitriles is 1. The lowest BCUT2D eigenvalue weighted by Crippen LogP contribution is -2.27. The van der Waals surface area contributed by atoms with Crippen molar-refractivity contribution in [1.82, 2.24) is 0 Å². The molecule has 1 rings (SSSR count). The summed E-state index contributed by atoms with van der Waals surface area (Å²) in [5, 5.41) is 11.6. The number of halogens is 1. The molecule has 0 aromatic heterocycles. The molecule has 0 aliphatic carbocycles. The molecule has 0 fully saturated rings. The summed E-state index contributed by atoms with van der Waals surface area (Å²) in [7, 11) is 0. The van der Waals surface area contributed by atoms with Crippen LogP contribution in [-0.4, -0.2) is 12.5 Å². The van der Waals surface area contributed by atoms with Crippen molar-refractivity contribution in [1.29, 1.82) is 5.26 Å². The highest BCUT2D eigenvalue weighted by Crippen LogP contribution is 2.17. The number of rotatable bonds is 4. The van der Waals surface area contributed by atoms with Crippen LogP contribution >= 0.6 is 0 Å². The molecule has 0 heterocycles. The van der Waals surface area contributed by atoms with Gasteiger partial charge >= 0.3 is 0 Å². The number of primary amides is 1. The van der Waals surface area contributed by atoms with Crippen LogP contribution in [0.15, 0.2) is 18.2 Å². The van der Waals surface area contributed by atoms with Crippen molar-refractivity contribution in [2.24, 2.45) is 11.7 Å². The number of hydrogen-bond donors (Lipinski definition) is 2. The van der Waals surface area contributed by atoms with E-state index in [1.807, 2.05) is 0 Å². The summed E-state index contributed by atoms with van der Waals surface area (Å²) in [5.74, 6) is -1.41. The molecule has 0 saturated carbocycles. The van der Waals surface area contributed by atoms with E-state index in [2.05, 4.69) is 5.32 Å². The van der Waals surface area contributed by atoms with Crippen LogP contribution in [0.2, 0.25) is 0 Å². The second-order valence-electron chi connectivity index (χ2n) is 3.46. The summed E-state index contributed by atoms with van der Waals surface area (Å²) in [6, 6.07) is 6.04. The van der Waals surface area contributed by atoms with Gasteiger partial charge in [0.15, 0.2) is 0 Å². The van der Waals surface area contributed by atoms with Crippen LogP contribution in [0.4, 0.5) is 10.1 Å². The number of hydrogen-bond acceptors (Lipinski definition) is 3. The highest BCUT2D eigenvalue weighted by molar-refractivity contribution is 5.77. The van der Waals surface area contributed by atoms with Gasteiger partial charge in [-0.1, -0.05) is 13.0 Å². The van der Waals surface area contributed by atoms with E-state index in [4.69, 9.17) is 11.0 Å². The Bertz CT molecular complexity index is 439. The van der Waals surface area contributed by atoms with Crippen LogP contribution in [0, 0.1) is 23.1 Å². The highest BCUT2D eigenvalue weighted by Gasteiger charge is 2.11. The number of carbonyl (C=O) groups is 1. The zero-order valence-corrected chi connectivity index (χ0v) is 8.83. The Morgan fingerprint density at radius 2 is 2.38 bits per heavy atom. The summed E-state index contributed by atoms with van der Waals surface area (Å²) < 4.78 is 13.2. The maximum Gasteiger partial charge on any atom is 0.222 e. The van der Waals surface area contributed by atoms with Crippen molar-refractivity contribution in [2.45, 2.75) is 6.92 Å². The first-order valence-electron chi connectivity index (χ1n) is 4.78. The highest BCUT2D eigenvalue weighted by atomic mass is 19.1. The van der Waals surface area contributed by atoms with Gasteiger partial charge in [0.1, 0.15) is 17.4 Å². The average molecular weight is 221 g/mol. The van der Waals surface area contributed by atoms with Gasteiger partial charge in [-0.25, -0.2) is 4.39 Å². The van der Waals surface area contributed by atoms with Gasteiger partial charge in [-0.05, 0) is 12.1 Å². The first-order valence-corrected chi connectivity index (χ1v) is 4.78. The molecule has 0 bridgehead atoms. The van der Waals surface area contributed by atoms with Crippen molar-refractivity contribution in [3.63, 3.8) is 0 Å². The summed E-state index contributed by atoms with van der Waals surface area (Å²) in [4.78, 5) is 10.8. The van der Waals surface area contributed by atoms with Crippen LogP contribution in [0.3, 0.4) is 0 Å². The maximum absolute atomic E-state index is 13.2. The Balaban J connectivity index is 2.79. The molecule has 1 aromatic rings. The molecule has 1 amide bonds. The first-order chi connectivity index (χ1) is 7.56. The van der Waals surface area contributed by atoms with Gasteiger partial charge in [0.2, 0.25) is 5.91 Å². The predicted molar refractivity (Wildman–Crippen MR) is 58.0 cm³/mol. The number of nitrogens with zero attached hydrogens (tertiary/aromatic N) is 1. The summed E-state index contributed by atoms with van der Waals surface area (Å²) >= 11 is 0. The van der Waals surface area contributed by atoms with Crippen molar-refractivity contribution in [3.8, 4) is 6.07 Å². The van der Waals surface area contributed by atoms with Crippen molar-refractivity contribution >= 4 is 11.6 Å². The molecule has 1 unspecified atom stereocenters. The van der Waals surface area contributed by atoms with Gasteiger partial charge in [-0.15, -0.1) is 0 Å². The van der Waals surface area contributed by atoms with Crippen LogP contribution in [0.1, 0.15) is 12.5 Å². The second-order valence-corrected chi connectivity index (χ2v) is 3.46. The Kier molecular flexibility index (Phi) is 3.84. The van der Waals surface area contributed by atoms with E-state index in [0.29, 0.717) is 5.69 Å². The molecule has 1 atom stereocenters. The summed E-state index contributed by atoms with van der Waals surface area (Å²) in [6.07, 6.45) is 0. The van der Waals surface area contributed by atoms with E-state index in [9.17, 15) is 9.18 Å². The minimum absolute atomic E-state index is 0.0563. The molecule has 4 nitrogen and oxygen atoms in total. The molecule has 0 radical (unpaired) electrons. The third-order valence-corrected chi connectivity index (χ3v) is 2.21. The van der Waals surface area contributed by atoms with Gasteiger partial charge in [0.05, 0.1) is 11.6 Å². The van der Waals surface area contributed by atoms with Crippen molar-refractivity contribution < 1.29 is 9.18 Å². The minimum atomic E-state index is -0.584. The lowest BCUT2D eigenvalue weighted by Gasteiger charge is -2.11. The smallest absolute Gasteiger partial charge is 0.222 e. The monoisotopic (exact) mass is 221 g/mol. The summed E-state index contributed by atoms with van der Waals surface area (Å²) in [6.45, 7) is 1.92. The predicted octanol–water partition coefficient (Wildman–Crippen LogP) is 1.23. The Morgan fingerprint density at radius 3 is 2.94 bits per heavy atom. The Labute approximate surface area is 92.9 Å². The second kappa shape index (κ2) is 5.12. The zero-order chi connectivity index (χ0) is 12.1. The van der Waals surface area contributed by atoms with E-state index in [-0.39, 0.29) is 18.0 Å². The fourth-order valence-corrected chi connectivity index (χ4v) is 1.15. The van der Waals surface area contributed by atoms with Crippen molar-refractivity contribution in [3.05, 3.63) is 29.6 Å². The molecular weight excluding hydrogens is 209 g/mol. The van der Waals surface area contributed by atoms with Crippen LogP contribution in [0.25, 0.3) is 0 Å². The van der Waals surface area contributed by atoms with E-state index in [0.717, 1.165) is 0 Å². The van der Waals surface area contributed by atoms with E-state index in [1.165, 1.54) is 12.1 Å². The van der Waals surface area contributed by atoms with Crippen molar-refractivity contribution in [2.75, 3.05) is 11.9 Å². The average Bonchev–Trinajstić information content (AvgIpc) is 2.25. The lowest BCUT2D eigenvalue weighted by atomic mass is 10.1. The number of anilines is 1. The molecule has 16 heavy (non-hydrogen) atoms. The number of nitrogens with one attached hydrogen (secondary N) is 1. The van der Waals surface area contributed by atoms with Gasteiger partial charge < -0.3 is 11.1 Å². The number of amides is 1. The molecule has 0 aliphatic rings. The molecule has 84 valence electrons. The molecule has 1 aromatic carbocycles. The van der Waals surface area contributed by atoms with Crippen LogP contribution in [-0.2, 0) is 4.79 Å². The molecular formula is C11H12FN3O. The molecule has 0 aliphatic heterocycles. The number of carbonyl (C=O) groups excluding carboxylic acids is 1. The normalized spacial score (nSPS) is 11.6. The third kappa shape index (κ3) is 2.70. The maximum atomic E-state index is 13.2. The Morgan fingerprint density at radius 1 is 1.69 bits per heavy atom. The zero-order valence-electron chi connectivity index (χ0n) is 8.83. The quantitative estimate of drug-likeness (QED) is 0.802. The topological polar surface area (TPSA) is 78.9 Å². The van der Waals surface area contributed by atoms with E-state index < -0.39 is 11.7 Å². The van der Waals surface area contributed by atoms with Crippen LogP contribution < -0.4 is 11.1 Å². The standard InChI is InChI=1S/C11H12FN3O/c1-7(11(14)16)6-15-10-4-2-3-9(12)8(10)5-13/h2-4,7,15H,6H2,1H3,(H2,14,16). The van der Waals surface area contributed by atoms with Gasteiger partial charge in [-0.2, -0.15) is 5.26 Å². The fraction of sp³-hybridized carbons (Fsp3) is 0.273. The molecule has 3 N–H and O–H groups in total. The minimum Gasteiger partial charge on any atom is -0.383 e. The number of nitrogens with two attached hydrogens (primary N) is 1. The van der Waals surface area contributed by atoms with Gasteiger partial charge in [0.25, 0.3) is 0 Å². The molecule has 0 saturated heterocycles. The van der Waals surface area contributed by atoms with Gasteiger partial charge in [-0.3, -0.25) is 4.79 Å². The van der Waals surface area contributed by atoms with Crippen LogP contribution in [0.5, 0.6) is 0 Å². The fourth-order valence-electron chi connectivity index (χ4n) is 1.15. The SMILES string of the molecule is CC(CNc1cccc(F)c1C#N)C(N)=O. The van der Waals surface area contributed by atoms with E-state index >= 15 is 0 Å². The molecule has 5 heteroatoms. The van der Waals surface area contributed by atoms with Gasteiger partial charge in [0, 0.05) is 6.54 Å². The van der Waals surface area contributed by atoms with E-state index in [1.54, 1.807) is 19.1 Å².